The van der Waals surface area contributed by atoms with Crippen molar-refractivity contribution in [3.63, 3.8) is 0 Å². The summed E-state index contributed by atoms with van der Waals surface area (Å²) >= 11 is 0. The zero-order valence-electron chi connectivity index (χ0n) is 12.0. The van der Waals surface area contributed by atoms with Gasteiger partial charge in [0.25, 0.3) is 0 Å². The number of rotatable bonds is 4. The van der Waals surface area contributed by atoms with Crippen LogP contribution in [0.1, 0.15) is 24.0 Å². The number of hydrogen-bond acceptors (Lipinski definition) is 1. The lowest BCUT2D eigenvalue weighted by Crippen LogP contribution is -2.43. The topological polar surface area (TPSA) is 12.0 Å². The molecule has 1 N–H and O–H groups in total. The zero-order chi connectivity index (χ0) is 13.7. The highest BCUT2D eigenvalue weighted by molar-refractivity contribution is 5.21. The molecule has 20 heavy (non-hydrogen) atoms. The second kappa shape index (κ2) is 6.23. The van der Waals surface area contributed by atoms with Gasteiger partial charge in [-0.25, -0.2) is 0 Å². The number of piperidine rings is 1. The molecule has 2 aromatic carbocycles. The Balaban J connectivity index is 1.81. The molecule has 1 aliphatic rings. The molecule has 0 aromatic heterocycles. The molecule has 0 radical (unpaired) electrons. The van der Waals surface area contributed by atoms with Crippen molar-refractivity contribution in [2.24, 2.45) is 5.41 Å². The van der Waals surface area contributed by atoms with Crippen LogP contribution in [0.25, 0.3) is 0 Å². The molecule has 1 aliphatic heterocycles. The normalized spacial score (nSPS) is 17.8. The second-order valence-corrected chi connectivity index (χ2v) is 6.11. The maximum absolute atomic E-state index is 3.62. The van der Waals surface area contributed by atoms with Gasteiger partial charge in [-0.3, -0.25) is 0 Å². The molecule has 1 fully saturated rings. The van der Waals surface area contributed by atoms with Crippen LogP contribution in [0.15, 0.2) is 60.7 Å². The van der Waals surface area contributed by atoms with Crippen LogP contribution in [-0.4, -0.2) is 13.1 Å². The van der Waals surface area contributed by atoms with E-state index in [0.29, 0.717) is 5.41 Å². The molecule has 0 amide bonds. The van der Waals surface area contributed by atoms with Gasteiger partial charge in [0.15, 0.2) is 0 Å². The van der Waals surface area contributed by atoms with Crippen LogP contribution < -0.4 is 5.32 Å². The summed E-state index contributed by atoms with van der Waals surface area (Å²) < 4.78 is 0. The van der Waals surface area contributed by atoms with Crippen molar-refractivity contribution in [2.45, 2.75) is 25.7 Å². The van der Waals surface area contributed by atoms with E-state index in [9.17, 15) is 0 Å². The first kappa shape index (κ1) is 13.4. The predicted molar refractivity (Wildman–Crippen MR) is 84.8 cm³/mol. The van der Waals surface area contributed by atoms with E-state index in [1.54, 1.807) is 0 Å². The third kappa shape index (κ3) is 3.29. The zero-order valence-corrected chi connectivity index (χ0v) is 12.0. The van der Waals surface area contributed by atoms with Crippen LogP contribution in [0.4, 0.5) is 0 Å². The predicted octanol–water partition coefficient (Wildman–Crippen LogP) is 3.84. The standard InChI is InChI=1S/C19H23N/c1-3-8-17(9-4-1)14-19(12-7-13-20-16-19)15-18-10-5-2-6-11-18/h1-6,8-11,20H,7,12-16H2. The Morgan fingerprint density at radius 2 is 1.35 bits per heavy atom. The van der Waals surface area contributed by atoms with E-state index in [-0.39, 0.29) is 0 Å². The average molecular weight is 265 g/mol. The summed E-state index contributed by atoms with van der Waals surface area (Å²) in [6, 6.07) is 21.9. The molecular weight excluding hydrogens is 242 g/mol. The summed E-state index contributed by atoms with van der Waals surface area (Å²) in [5, 5.41) is 3.62. The van der Waals surface area contributed by atoms with Crippen LogP contribution in [0, 0.1) is 5.41 Å². The Morgan fingerprint density at radius 1 is 0.800 bits per heavy atom. The lowest BCUT2D eigenvalue weighted by molar-refractivity contribution is 0.205. The number of nitrogens with one attached hydrogen (secondary N) is 1. The molecule has 104 valence electrons. The minimum atomic E-state index is 0.376. The molecule has 2 aromatic rings. The van der Waals surface area contributed by atoms with Crippen molar-refractivity contribution in [3.05, 3.63) is 71.8 Å². The summed E-state index contributed by atoms with van der Waals surface area (Å²) in [5.41, 5.74) is 3.31. The number of benzene rings is 2. The Labute approximate surface area is 122 Å². The fourth-order valence-corrected chi connectivity index (χ4v) is 3.45. The molecule has 1 nitrogen and oxygen atoms in total. The van der Waals surface area contributed by atoms with E-state index < -0.39 is 0 Å². The first-order chi connectivity index (χ1) is 9.86. The molecule has 1 heteroatoms. The van der Waals surface area contributed by atoms with Crippen molar-refractivity contribution in [1.29, 1.82) is 0 Å². The fourth-order valence-electron chi connectivity index (χ4n) is 3.45. The minimum absolute atomic E-state index is 0.376. The highest BCUT2D eigenvalue weighted by Gasteiger charge is 2.32. The smallest absolute Gasteiger partial charge is 0.00142 e. The van der Waals surface area contributed by atoms with Crippen molar-refractivity contribution in [2.75, 3.05) is 13.1 Å². The lowest BCUT2D eigenvalue weighted by Gasteiger charge is -2.38. The van der Waals surface area contributed by atoms with E-state index in [4.69, 9.17) is 0 Å². The highest BCUT2D eigenvalue weighted by atomic mass is 14.9. The van der Waals surface area contributed by atoms with Crippen molar-refractivity contribution in [3.8, 4) is 0 Å². The van der Waals surface area contributed by atoms with Crippen LogP contribution in [0.3, 0.4) is 0 Å². The van der Waals surface area contributed by atoms with Gasteiger partial charge >= 0.3 is 0 Å². The van der Waals surface area contributed by atoms with Crippen LogP contribution in [0.5, 0.6) is 0 Å². The average Bonchev–Trinajstić information content (AvgIpc) is 2.50. The number of hydrogen-bond donors (Lipinski definition) is 1. The quantitative estimate of drug-likeness (QED) is 0.885. The molecule has 0 bridgehead atoms. The van der Waals surface area contributed by atoms with Crippen molar-refractivity contribution >= 4 is 0 Å². The SMILES string of the molecule is c1ccc(CC2(Cc3ccccc3)CCCNC2)cc1. The molecule has 1 saturated heterocycles. The molecule has 1 heterocycles. The Hall–Kier alpha value is -1.60. The molecule has 3 rings (SSSR count). The molecule has 0 atom stereocenters. The van der Waals surface area contributed by atoms with Crippen molar-refractivity contribution < 1.29 is 0 Å². The Morgan fingerprint density at radius 3 is 1.80 bits per heavy atom. The summed E-state index contributed by atoms with van der Waals surface area (Å²) in [5.74, 6) is 0. The van der Waals surface area contributed by atoms with E-state index in [1.807, 2.05) is 0 Å². The monoisotopic (exact) mass is 265 g/mol. The molecule has 0 aliphatic carbocycles. The van der Waals surface area contributed by atoms with Gasteiger partial charge in [0.05, 0.1) is 0 Å². The Bertz CT molecular complexity index is 468. The first-order valence-electron chi connectivity index (χ1n) is 7.65. The maximum atomic E-state index is 3.62. The van der Waals surface area contributed by atoms with Gasteiger partial charge < -0.3 is 5.32 Å². The van der Waals surface area contributed by atoms with E-state index in [1.165, 1.54) is 43.4 Å². The van der Waals surface area contributed by atoms with Gasteiger partial charge in [0.1, 0.15) is 0 Å². The van der Waals surface area contributed by atoms with Crippen LogP contribution >= 0.6 is 0 Å². The first-order valence-corrected chi connectivity index (χ1v) is 7.65. The van der Waals surface area contributed by atoms with Gasteiger partial charge in [-0.05, 0) is 48.8 Å². The van der Waals surface area contributed by atoms with Gasteiger partial charge in [-0.15, -0.1) is 0 Å². The largest absolute Gasteiger partial charge is 0.316 e. The molecule has 0 saturated carbocycles. The summed E-state index contributed by atoms with van der Waals surface area (Å²) in [7, 11) is 0. The van der Waals surface area contributed by atoms with E-state index >= 15 is 0 Å². The highest BCUT2D eigenvalue weighted by Crippen LogP contribution is 2.34. The lowest BCUT2D eigenvalue weighted by atomic mass is 9.72. The molecule has 0 unspecified atom stereocenters. The fraction of sp³-hybridized carbons (Fsp3) is 0.368. The summed E-state index contributed by atoms with van der Waals surface area (Å²) in [6.45, 7) is 2.31. The van der Waals surface area contributed by atoms with Gasteiger partial charge in [0.2, 0.25) is 0 Å². The maximum Gasteiger partial charge on any atom is 0.00142 e. The van der Waals surface area contributed by atoms with Crippen LogP contribution in [0.2, 0.25) is 0 Å². The van der Waals surface area contributed by atoms with Gasteiger partial charge in [-0.2, -0.15) is 0 Å². The molecule has 0 spiro atoms. The second-order valence-electron chi connectivity index (χ2n) is 6.11. The van der Waals surface area contributed by atoms with Crippen molar-refractivity contribution in [1.82, 2.24) is 5.32 Å². The summed E-state index contributed by atoms with van der Waals surface area (Å²) in [6.07, 6.45) is 4.97. The Kier molecular flexibility index (Phi) is 4.17. The summed E-state index contributed by atoms with van der Waals surface area (Å²) in [4.78, 5) is 0. The van der Waals surface area contributed by atoms with Gasteiger partial charge in [0, 0.05) is 6.54 Å². The van der Waals surface area contributed by atoms with E-state index in [0.717, 1.165) is 6.54 Å². The third-order valence-electron chi connectivity index (χ3n) is 4.40. The van der Waals surface area contributed by atoms with Gasteiger partial charge in [-0.1, -0.05) is 60.7 Å². The van der Waals surface area contributed by atoms with E-state index in [2.05, 4.69) is 66.0 Å². The molecular formula is C19H23N. The van der Waals surface area contributed by atoms with Crippen LogP contribution in [-0.2, 0) is 12.8 Å². The minimum Gasteiger partial charge on any atom is -0.316 e. The third-order valence-corrected chi connectivity index (χ3v) is 4.40.